The molecule has 0 saturated carbocycles. The molecule has 0 bridgehead atoms. The summed E-state index contributed by atoms with van der Waals surface area (Å²) in [6.45, 7) is 2.72. The molecule has 0 atom stereocenters. The summed E-state index contributed by atoms with van der Waals surface area (Å²) in [6.07, 6.45) is 4.12. The summed E-state index contributed by atoms with van der Waals surface area (Å²) in [5.74, 6) is 0. The van der Waals surface area contributed by atoms with Crippen LogP contribution in [-0.4, -0.2) is 55.3 Å². The number of hydrogen-bond donors (Lipinski definition) is 0. The molecule has 1 aliphatic heterocycles. The van der Waals surface area contributed by atoms with Gasteiger partial charge >= 0.3 is 0 Å². The maximum atomic E-state index is 12.7. The summed E-state index contributed by atoms with van der Waals surface area (Å²) in [6, 6.07) is 15.2. The molecule has 1 heterocycles. The van der Waals surface area contributed by atoms with Crippen LogP contribution in [0.15, 0.2) is 65.6 Å². The quantitative estimate of drug-likeness (QED) is 0.562. The van der Waals surface area contributed by atoms with E-state index in [1.165, 1.54) is 22.5 Å². The SMILES string of the molecule is O=[N+]([O-])c1cccc(S(=O)(=O)N2CCN(C/C=C/c3ccccc3)CC2)c1. The van der Waals surface area contributed by atoms with Gasteiger partial charge in [0.25, 0.3) is 5.69 Å². The Balaban J connectivity index is 1.59. The molecule has 3 rings (SSSR count). The van der Waals surface area contributed by atoms with Crippen LogP contribution >= 0.6 is 0 Å². The molecule has 0 N–H and O–H groups in total. The van der Waals surface area contributed by atoms with Crippen LogP contribution in [0.5, 0.6) is 0 Å². The summed E-state index contributed by atoms with van der Waals surface area (Å²) in [5.41, 5.74) is 0.908. The topological polar surface area (TPSA) is 83.8 Å². The van der Waals surface area contributed by atoms with E-state index in [9.17, 15) is 18.5 Å². The molecule has 0 unspecified atom stereocenters. The predicted octanol–water partition coefficient (Wildman–Crippen LogP) is 2.61. The first-order chi connectivity index (χ1) is 13.0. The first kappa shape index (κ1) is 19.2. The van der Waals surface area contributed by atoms with E-state index in [1.54, 1.807) is 0 Å². The van der Waals surface area contributed by atoms with Crippen LogP contribution in [0.1, 0.15) is 5.56 Å². The summed E-state index contributed by atoms with van der Waals surface area (Å²) < 4.78 is 26.9. The molecule has 8 heteroatoms. The Hall–Kier alpha value is -2.55. The average molecular weight is 387 g/mol. The van der Waals surface area contributed by atoms with Gasteiger partial charge in [0.2, 0.25) is 10.0 Å². The zero-order chi connectivity index (χ0) is 19.3. The molecule has 142 valence electrons. The monoisotopic (exact) mass is 387 g/mol. The molecular formula is C19H21N3O4S. The first-order valence-corrected chi connectivity index (χ1v) is 10.1. The second kappa shape index (κ2) is 8.43. The van der Waals surface area contributed by atoms with Crippen LogP contribution in [-0.2, 0) is 10.0 Å². The van der Waals surface area contributed by atoms with Gasteiger partial charge in [0.1, 0.15) is 0 Å². The molecule has 1 aliphatic rings. The first-order valence-electron chi connectivity index (χ1n) is 8.65. The lowest BCUT2D eigenvalue weighted by molar-refractivity contribution is -0.385. The van der Waals surface area contributed by atoms with Gasteiger partial charge in [-0.15, -0.1) is 0 Å². The second-order valence-electron chi connectivity index (χ2n) is 6.27. The van der Waals surface area contributed by atoms with Crippen molar-refractivity contribution in [2.45, 2.75) is 4.90 Å². The van der Waals surface area contributed by atoms with Crippen molar-refractivity contribution in [3.63, 3.8) is 0 Å². The Morgan fingerprint density at radius 3 is 2.37 bits per heavy atom. The van der Waals surface area contributed by atoms with Gasteiger partial charge in [-0.25, -0.2) is 8.42 Å². The molecule has 2 aromatic carbocycles. The predicted molar refractivity (Wildman–Crippen MR) is 104 cm³/mol. The smallest absolute Gasteiger partial charge is 0.270 e. The highest BCUT2D eigenvalue weighted by Crippen LogP contribution is 2.22. The molecule has 27 heavy (non-hydrogen) atoms. The lowest BCUT2D eigenvalue weighted by Crippen LogP contribution is -2.48. The number of benzene rings is 2. The maximum Gasteiger partial charge on any atom is 0.270 e. The van der Waals surface area contributed by atoms with Crippen molar-refractivity contribution in [2.24, 2.45) is 0 Å². The van der Waals surface area contributed by atoms with Gasteiger partial charge in [-0.3, -0.25) is 15.0 Å². The van der Waals surface area contributed by atoms with Crippen molar-refractivity contribution in [1.29, 1.82) is 0 Å². The van der Waals surface area contributed by atoms with Crippen molar-refractivity contribution in [3.8, 4) is 0 Å². The number of nitro benzene ring substituents is 1. The highest BCUT2D eigenvalue weighted by Gasteiger charge is 2.29. The van der Waals surface area contributed by atoms with E-state index in [1.807, 2.05) is 36.4 Å². The maximum absolute atomic E-state index is 12.7. The minimum atomic E-state index is -3.72. The van der Waals surface area contributed by atoms with Crippen molar-refractivity contribution in [1.82, 2.24) is 9.21 Å². The van der Waals surface area contributed by atoms with Gasteiger partial charge < -0.3 is 0 Å². The summed E-state index contributed by atoms with van der Waals surface area (Å²) in [4.78, 5) is 12.4. The summed E-state index contributed by atoms with van der Waals surface area (Å²) >= 11 is 0. The summed E-state index contributed by atoms with van der Waals surface area (Å²) in [5, 5.41) is 10.9. The lowest BCUT2D eigenvalue weighted by atomic mass is 10.2. The third kappa shape index (κ3) is 4.79. The van der Waals surface area contributed by atoms with Crippen LogP contribution < -0.4 is 0 Å². The fourth-order valence-corrected chi connectivity index (χ4v) is 4.42. The molecule has 2 aromatic rings. The van der Waals surface area contributed by atoms with E-state index in [4.69, 9.17) is 0 Å². The van der Waals surface area contributed by atoms with E-state index in [2.05, 4.69) is 11.0 Å². The molecular weight excluding hydrogens is 366 g/mol. The van der Waals surface area contributed by atoms with Crippen LogP contribution in [0.2, 0.25) is 0 Å². The Labute approximate surface area is 158 Å². The fraction of sp³-hybridized carbons (Fsp3) is 0.263. The molecule has 0 aromatic heterocycles. The van der Waals surface area contributed by atoms with Crippen molar-refractivity contribution >= 4 is 21.8 Å². The van der Waals surface area contributed by atoms with Crippen LogP contribution in [0.3, 0.4) is 0 Å². The minimum Gasteiger partial charge on any atom is -0.297 e. The van der Waals surface area contributed by atoms with E-state index in [0.29, 0.717) is 26.2 Å². The number of non-ortho nitro benzene ring substituents is 1. The number of hydrogen-bond acceptors (Lipinski definition) is 5. The second-order valence-corrected chi connectivity index (χ2v) is 8.21. The molecule has 0 aliphatic carbocycles. The van der Waals surface area contributed by atoms with Gasteiger partial charge in [-0.2, -0.15) is 4.31 Å². The number of rotatable bonds is 6. The summed E-state index contributed by atoms with van der Waals surface area (Å²) in [7, 11) is -3.72. The van der Waals surface area contributed by atoms with Crippen molar-refractivity contribution in [3.05, 3.63) is 76.4 Å². The van der Waals surface area contributed by atoms with Gasteiger partial charge in [0.15, 0.2) is 0 Å². The lowest BCUT2D eigenvalue weighted by Gasteiger charge is -2.33. The molecule has 1 saturated heterocycles. The largest absolute Gasteiger partial charge is 0.297 e. The zero-order valence-corrected chi connectivity index (χ0v) is 15.6. The van der Waals surface area contributed by atoms with E-state index in [0.717, 1.165) is 18.2 Å². The fourth-order valence-electron chi connectivity index (χ4n) is 2.96. The standard InChI is InChI=1S/C19H21N3O4S/c23-22(24)18-9-4-10-19(16-18)27(25,26)21-14-12-20(13-15-21)11-5-8-17-6-2-1-3-7-17/h1-10,16H,11-15H2/b8-5+. The molecule has 0 radical (unpaired) electrons. The molecule has 7 nitrogen and oxygen atoms in total. The van der Waals surface area contributed by atoms with Crippen LogP contribution in [0.4, 0.5) is 5.69 Å². The highest BCUT2D eigenvalue weighted by molar-refractivity contribution is 7.89. The highest BCUT2D eigenvalue weighted by atomic mass is 32.2. The Morgan fingerprint density at radius 1 is 1.00 bits per heavy atom. The average Bonchev–Trinajstić information content (AvgIpc) is 2.69. The number of nitrogens with zero attached hydrogens (tertiary/aromatic N) is 3. The van der Waals surface area contributed by atoms with Crippen LogP contribution in [0.25, 0.3) is 6.08 Å². The Kier molecular flexibility index (Phi) is 6.00. The van der Waals surface area contributed by atoms with E-state index in [-0.39, 0.29) is 10.6 Å². The van der Waals surface area contributed by atoms with E-state index >= 15 is 0 Å². The third-order valence-corrected chi connectivity index (χ3v) is 6.37. The molecule has 1 fully saturated rings. The minimum absolute atomic E-state index is 0.0332. The molecule has 0 amide bonds. The Bertz CT molecular complexity index is 921. The van der Waals surface area contributed by atoms with Crippen molar-refractivity contribution in [2.75, 3.05) is 32.7 Å². The number of piperazine rings is 1. The number of sulfonamides is 1. The normalized spacial score (nSPS) is 16.6. The van der Waals surface area contributed by atoms with Crippen LogP contribution in [0, 0.1) is 10.1 Å². The Morgan fingerprint density at radius 2 is 1.70 bits per heavy atom. The van der Waals surface area contributed by atoms with Gasteiger partial charge in [0, 0.05) is 44.9 Å². The van der Waals surface area contributed by atoms with Gasteiger partial charge in [-0.1, -0.05) is 48.6 Å². The zero-order valence-electron chi connectivity index (χ0n) is 14.8. The third-order valence-electron chi connectivity index (χ3n) is 4.47. The van der Waals surface area contributed by atoms with Gasteiger partial charge in [-0.05, 0) is 11.6 Å². The van der Waals surface area contributed by atoms with E-state index < -0.39 is 14.9 Å². The van der Waals surface area contributed by atoms with Crippen molar-refractivity contribution < 1.29 is 13.3 Å². The van der Waals surface area contributed by atoms with Gasteiger partial charge in [0.05, 0.1) is 9.82 Å². The number of nitro groups is 1. The molecule has 0 spiro atoms.